The van der Waals surface area contributed by atoms with Crippen LogP contribution in [0.2, 0.25) is 13.1 Å². The summed E-state index contributed by atoms with van der Waals surface area (Å²) in [5.41, 5.74) is 9.34. The van der Waals surface area contributed by atoms with Crippen LogP contribution in [0.3, 0.4) is 0 Å². The Morgan fingerprint density at radius 1 is 0.938 bits per heavy atom. The summed E-state index contributed by atoms with van der Waals surface area (Å²) >= 11 is -0.432. The average Bonchev–Trinajstić information content (AvgIpc) is 3.08. The van der Waals surface area contributed by atoms with E-state index in [1.54, 1.807) is 11.1 Å². The predicted octanol–water partition coefficient (Wildman–Crippen LogP) is 2.60. The molecule has 0 nitrogen and oxygen atoms in total. The van der Waals surface area contributed by atoms with Crippen LogP contribution in [0.5, 0.6) is 0 Å². The molecular formula is C28H33Cl2SiZr. The minimum atomic E-state index is -0.432. The molecule has 3 aromatic carbocycles. The summed E-state index contributed by atoms with van der Waals surface area (Å²) in [6.45, 7) is 12.1. The van der Waals surface area contributed by atoms with Gasteiger partial charge in [-0.25, -0.2) is 0 Å². The monoisotopic (exact) mass is 557 g/mol. The van der Waals surface area contributed by atoms with E-state index in [1.165, 1.54) is 52.3 Å². The van der Waals surface area contributed by atoms with E-state index < -0.39 is 22.4 Å². The number of benzene rings is 3. The molecule has 1 unspecified atom stereocenters. The first-order chi connectivity index (χ1) is 14.5. The molecule has 0 aliphatic heterocycles. The Balaban J connectivity index is 0.00000181. The van der Waals surface area contributed by atoms with Crippen LogP contribution in [0.15, 0.2) is 60.2 Å². The molecule has 1 atom stereocenters. The summed E-state index contributed by atoms with van der Waals surface area (Å²) in [5, 5.41) is 2.72. The van der Waals surface area contributed by atoms with E-state index in [4.69, 9.17) is 0 Å². The van der Waals surface area contributed by atoms with E-state index in [-0.39, 0.29) is 30.7 Å². The smallest absolute Gasteiger partial charge is 1.00 e. The second-order valence-corrected chi connectivity index (χ2v) is 22.4. The molecule has 0 saturated carbocycles. The molecule has 3 aromatic rings. The van der Waals surface area contributed by atoms with Crippen LogP contribution in [0.4, 0.5) is 0 Å². The largest absolute Gasteiger partial charge is 1.00 e. The molecule has 167 valence electrons. The van der Waals surface area contributed by atoms with Gasteiger partial charge in [-0.2, -0.15) is 0 Å². The first kappa shape index (κ1) is 27.6. The van der Waals surface area contributed by atoms with Gasteiger partial charge in [0.1, 0.15) is 0 Å². The maximum atomic E-state index is 2.61. The van der Waals surface area contributed by atoms with Crippen molar-refractivity contribution in [1.82, 2.24) is 0 Å². The van der Waals surface area contributed by atoms with Crippen molar-refractivity contribution in [1.29, 1.82) is 0 Å². The zero-order valence-corrected chi connectivity index (χ0v) is 24.8. The van der Waals surface area contributed by atoms with Gasteiger partial charge in [-0.1, -0.05) is 0 Å². The normalized spacial score (nSPS) is 14.6. The van der Waals surface area contributed by atoms with E-state index in [0.29, 0.717) is 5.92 Å². The van der Waals surface area contributed by atoms with Gasteiger partial charge >= 0.3 is 196 Å². The van der Waals surface area contributed by atoms with Crippen LogP contribution < -0.4 is 24.8 Å². The third kappa shape index (κ3) is 5.69. The van der Waals surface area contributed by atoms with Crippen molar-refractivity contribution < 1.29 is 47.2 Å². The van der Waals surface area contributed by atoms with Crippen molar-refractivity contribution in [3.63, 3.8) is 0 Å². The Kier molecular flexibility index (Phi) is 10.5. The van der Waals surface area contributed by atoms with Crippen LogP contribution in [0.1, 0.15) is 66.3 Å². The third-order valence-corrected chi connectivity index (χ3v) is 15.2. The Morgan fingerprint density at radius 3 is 2.34 bits per heavy atom. The Labute approximate surface area is 219 Å². The molecule has 0 amide bonds. The fourth-order valence-corrected chi connectivity index (χ4v) is 13.5. The minimum Gasteiger partial charge on any atom is -1.00 e. The average molecular weight is 560 g/mol. The SMILES string of the molecule is CCCCC1=Cc2c(-c3cccc4ccccc34)cc(C(C)C)cc2[CH]1[Zr+2][Si](C)C.[Cl-].[Cl-]. The molecule has 0 N–H and O–H groups in total. The van der Waals surface area contributed by atoms with Gasteiger partial charge in [0.25, 0.3) is 0 Å². The van der Waals surface area contributed by atoms with E-state index in [9.17, 15) is 0 Å². The molecule has 0 bridgehead atoms. The molecule has 0 heterocycles. The molecule has 4 heteroatoms. The molecular weight excluding hydrogens is 527 g/mol. The second kappa shape index (κ2) is 12.2. The third-order valence-electron chi connectivity index (χ3n) is 6.24. The fourth-order valence-electron chi connectivity index (χ4n) is 4.64. The fraction of sp³-hybridized carbons (Fsp3) is 0.357. The van der Waals surface area contributed by atoms with E-state index in [1.807, 2.05) is 0 Å². The molecule has 1 aliphatic rings. The first-order valence-electron chi connectivity index (χ1n) is 11.4. The molecule has 1 aliphatic carbocycles. The number of hydrogen-bond donors (Lipinski definition) is 0. The van der Waals surface area contributed by atoms with Crippen molar-refractivity contribution in [2.75, 3.05) is 0 Å². The topological polar surface area (TPSA) is 0 Å². The van der Waals surface area contributed by atoms with Gasteiger partial charge in [0, 0.05) is 0 Å². The molecule has 0 saturated heterocycles. The standard InChI is InChI=1S/C26H27.C2H6Si.2ClH.Zr/c1-4-5-9-19-14-22-16-21(18(2)3)17-26(25(22)15-19)24-13-8-11-20-10-6-7-12-23(20)24;1-3-2;;;/h6-8,10-18H,4-5,9H2,1-3H3;1-2H3;2*1H;/q;;;;+2/p-2. The first-order valence-corrected chi connectivity index (χ1v) is 19.0. The van der Waals surface area contributed by atoms with Crippen molar-refractivity contribution in [2.45, 2.75) is 62.7 Å². The second-order valence-electron chi connectivity index (χ2n) is 9.15. The van der Waals surface area contributed by atoms with Crippen LogP contribution in [0.25, 0.3) is 28.0 Å². The van der Waals surface area contributed by atoms with Gasteiger partial charge in [0.2, 0.25) is 0 Å². The van der Waals surface area contributed by atoms with Crippen molar-refractivity contribution in [3.05, 3.63) is 76.9 Å². The summed E-state index contributed by atoms with van der Waals surface area (Å²) in [6.07, 6.45) is 6.52. The van der Waals surface area contributed by atoms with E-state index in [2.05, 4.69) is 94.5 Å². The van der Waals surface area contributed by atoms with Gasteiger partial charge in [0.15, 0.2) is 0 Å². The summed E-state index contributed by atoms with van der Waals surface area (Å²) in [7, 11) is 0. The van der Waals surface area contributed by atoms with Crippen molar-refractivity contribution in [2.24, 2.45) is 0 Å². The van der Waals surface area contributed by atoms with E-state index >= 15 is 0 Å². The van der Waals surface area contributed by atoms with Gasteiger partial charge < -0.3 is 24.8 Å². The number of rotatable bonds is 7. The summed E-state index contributed by atoms with van der Waals surface area (Å²) in [5.74, 6) is 0.428. The number of allylic oxidation sites excluding steroid dienone is 1. The quantitative estimate of drug-likeness (QED) is 0.391. The summed E-state index contributed by atoms with van der Waals surface area (Å²) in [4.78, 5) is 0. The maximum Gasteiger partial charge on any atom is -1.00 e. The zero-order chi connectivity index (χ0) is 21.3. The van der Waals surface area contributed by atoms with Crippen LogP contribution in [0, 0.1) is 0 Å². The molecule has 0 fully saturated rings. The van der Waals surface area contributed by atoms with Crippen molar-refractivity contribution in [3.8, 4) is 11.1 Å². The van der Waals surface area contributed by atoms with Crippen molar-refractivity contribution >= 4 is 22.8 Å². The number of hydrogen-bond acceptors (Lipinski definition) is 0. The molecule has 0 spiro atoms. The predicted molar refractivity (Wildman–Crippen MR) is 131 cm³/mol. The maximum absolute atomic E-state index is 2.61. The summed E-state index contributed by atoms with van der Waals surface area (Å²) < 4.78 is 0.798. The summed E-state index contributed by atoms with van der Waals surface area (Å²) in [6, 6.07) is 20.8. The van der Waals surface area contributed by atoms with Gasteiger partial charge in [-0.15, -0.1) is 0 Å². The van der Waals surface area contributed by atoms with E-state index in [0.717, 1.165) is 3.63 Å². The molecule has 1 radical (unpaired) electrons. The minimum absolute atomic E-state index is 0. The van der Waals surface area contributed by atoms with Crippen LogP contribution in [-0.4, -0.2) is 5.92 Å². The van der Waals surface area contributed by atoms with Crippen LogP contribution in [-0.2, 0) is 22.4 Å². The Bertz CT molecular complexity index is 1080. The zero-order valence-electron chi connectivity index (χ0n) is 19.8. The number of unbranched alkanes of at least 4 members (excludes halogenated alkanes) is 1. The van der Waals surface area contributed by atoms with Gasteiger partial charge in [0.05, 0.1) is 0 Å². The van der Waals surface area contributed by atoms with Gasteiger partial charge in [-0.05, 0) is 0 Å². The molecule has 32 heavy (non-hydrogen) atoms. The Morgan fingerprint density at radius 2 is 1.66 bits per heavy atom. The molecule has 4 rings (SSSR count). The van der Waals surface area contributed by atoms with Crippen LogP contribution >= 0.6 is 0 Å². The number of halogens is 2. The number of fused-ring (bicyclic) bond motifs is 2. The Hall–Kier alpha value is -0.660. The molecule has 0 aromatic heterocycles. The van der Waals surface area contributed by atoms with Gasteiger partial charge in [-0.3, -0.25) is 0 Å².